The maximum Gasteiger partial charge on any atom is 0.167 e. The zero-order valence-electron chi connectivity index (χ0n) is 12.5. The summed E-state index contributed by atoms with van der Waals surface area (Å²) in [5, 5.41) is 0. The van der Waals surface area contributed by atoms with Crippen LogP contribution in [0, 0.1) is 11.7 Å². The van der Waals surface area contributed by atoms with Crippen molar-refractivity contribution in [2.75, 3.05) is 20.3 Å². The van der Waals surface area contributed by atoms with Crippen LogP contribution in [0.25, 0.3) is 11.0 Å². The molecule has 1 aromatic carbocycles. The van der Waals surface area contributed by atoms with Gasteiger partial charge in [-0.15, -0.1) is 11.6 Å². The van der Waals surface area contributed by atoms with Gasteiger partial charge in [0, 0.05) is 25.3 Å². The number of fused-ring (bicyclic) bond motifs is 1. The lowest BCUT2D eigenvalue weighted by Gasteiger charge is -2.10. The number of nitrogens with zero attached hydrogens (tertiary/aromatic N) is 2. The smallest absolute Gasteiger partial charge is 0.167 e. The third-order valence-corrected chi connectivity index (χ3v) is 3.37. The molecule has 0 amide bonds. The average molecular weight is 315 g/mol. The quantitative estimate of drug-likeness (QED) is 0.579. The Bertz CT molecular complexity index is 613. The van der Waals surface area contributed by atoms with Gasteiger partial charge in [-0.05, 0) is 5.92 Å². The third-order valence-electron chi connectivity index (χ3n) is 3.13. The molecule has 0 saturated carbocycles. The van der Waals surface area contributed by atoms with Gasteiger partial charge in [0.25, 0.3) is 0 Å². The van der Waals surface area contributed by atoms with E-state index in [1.165, 1.54) is 13.2 Å². The summed E-state index contributed by atoms with van der Waals surface area (Å²) in [7, 11) is 1.44. The van der Waals surface area contributed by atoms with Crippen LogP contribution in [0.3, 0.4) is 0 Å². The van der Waals surface area contributed by atoms with Gasteiger partial charge in [0.1, 0.15) is 5.82 Å². The zero-order valence-corrected chi connectivity index (χ0v) is 13.3. The molecule has 0 saturated heterocycles. The molecule has 2 aromatic rings. The largest absolute Gasteiger partial charge is 0.494 e. The van der Waals surface area contributed by atoms with Gasteiger partial charge in [-0.3, -0.25) is 0 Å². The number of hydrogen-bond donors (Lipinski definition) is 0. The first-order valence-electron chi connectivity index (χ1n) is 6.93. The van der Waals surface area contributed by atoms with Crippen molar-refractivity contribution in [2.45, 2.75) is 26.3 Å². The maximum absolute atomic E-state index is 13.7. The standard InChI is InChI=1S/C15H20ClFN2O2/c1-10(2)9-21-5-4-19-13-7-14(20-3)11(17)6-12(13)18-15(19)8-16/h6-7,10H,4-5,8-9H2,1-3H3. The molecular weight excluding hydrogens is 295 g/mol. The summed E-state index contributed by atoms with van der Waals surface area (Å²) in [6, 6.07) is 3.02. The Morgan fingerprint density at radius 3 is 2.76 bits per heavy atom. The van der Waals surface area contributed by atoms with E-state index in [0.29, 0.717) is 37.0 Å². The summed E-state index contributed by atoms with van der Waals surface area (Å²) in [5.74, 6) is 1.24. The molecule has 2 rings (SSSR count). The highest BCUT2D eigenvalue weighted by molar-refractivity contribution is 6.16. The van der Waals surface area contributed by atoms with E-state index in [1.54, 1.807) is 6.07 Å². The zero-order chi connectivity index (χ0) is 15.4. The van der Waals surface area contributed by atoms with Crippen molar-refractivity contribution >= 4 is 22.6 Å². The van der Waals surface area contributed by atoms with Crippen LogP contribution in [0.2, 0.25) is 0 Å². The van der Waals surface area contributed by atoms with Crippen molar-refractivity contribution in [3.63, 3.8) is 0 Å². The second kappa shape index (κ2) is 7.09. The number of imidazole rings is 1. The van der Waals surface area contributed by atoms with Gasteiger partial charge in [0.2, 0.25) is 0 Å². The van der Waals surface area contributed by atoms with Gasteiger partial charge in [-0.25, -0.2) is 9.37 Å². The maximum atomic E-state index is 13.7. The summed E-state index contributed by atoms with van der Waals surface area (Å²) < 4.78 is 26.3. The lowest BCUT2D eigenvalue weighted by molar-refractivity contribution is 0.103. The molecule has 1 heterocycles. The van der Waals surface area contributed by atoms with Crippen LogP contribution in [-0.2, 0) is 17.2 Å². The number of hydrogen-bond acceptors (Lipinski definition) is 3. The highest BCUT2D eigenvalue weighted by Crippen LogP contribution is 2.26. The van der Waals surface area contributed by atoms with E-state index in [4.69, 9.17) is 21.1 Å². The molecule has 1 aromatic heterocycles. The Morgan fingerprint density at radius 2 is 2.14 bits per heavy atom. The van der Waals surface area contributed by atoms with Crippen molar-refractivity contribution in [3.05, 3.63) is 23.8 Å². The van der Waals surface area contributed by atoms with Crippen molar-refractivity contribution in [1.82, 2.24) is 9.55 Å². The fraction of sp³-hybridized carbons (Fsp3) is 0.533. The fourth-order valence-corrected chi connectivity index (χ4v) is 2.36. The average Bonchev–Trinajstić information content (AvgIpc) is 2.79. The SMILES string of the molecule is COc1cc2c(cc1F)nc(CCl)n2CCOCC(C)C. The van der Waals surface area contributed by atoms with Crippen LogP contribution in [0.5, 0.6) is 5.75 Å². The van der Waals surface area contributed by atoms with Crippen LogP contribution in [0.4, 0.5) is 4.39 Å². The molecule has 0 spiro atoms. The minimum Gasteiger partial charge on any atom is -0.494 e. The second-order valence-electron chi connectivity index (χ2n) is 5.26. The molecule has 0 bridgehead atoms. The van der Waals surface area contributed by atoms with Crippen LogP contribution < -0.4 is 4.74 Å². The molecule has 0 aliphatic rings. The molecule has 21 heavy (non-hydrogen) atoms. The van der Waals surface area contributed by atoms with E-state index in [9.17, 15) is 4.39 Å². The summed E-state index contributed by atoms with van der Waals surface area (Å²) in [6.45, 7) is 6.10. The normalized spacial score (nSPS) is 11.5. The second-order valence-corrected chi connectivity index (χ2v) is 5.52. The first kappa shape index (κ1) is 16.0. The van der Waals surface area contributed by atoms with Gasteiger partial charge < -0.3 is 14.0 Å². The summed E-state index contributed by atoms with van der Waals surface area (Å²) in [4.78, 5) is 4.36. The minimum atomic E-state index is -0.424. The van der Waals surface area contributed by atoms with Gasteiger partial charge in [0.05, 0.1) is 30.6 Å². The molecule has 0 unspecified atom stereocenters. The van der Waals surface area contributed by atoms with Gasteiger partial charge in [0.15, 0.2) is 11.6 Å². The van der Waals surface area contributed by atoms with Crippen LogP contribution in [0.1, 0.15) is 19.7 Å². The van der Waals surface area contributed by atoms with Crippen LogP contribution in [-0.4, -0.2) is 29.9 Å². The summed E-state index contributed by atoms with van der Waals surface area (Å²) in [6.07, 6.45) is 0. The lowest BCUT2D eigenvalue weighted by Crippen LogP contribution is -2.11. The third kappa shape index (κ3) is 3.66. The fourth-order valence-electron chi connectivity index (χ4n) is 2.16. The van der Waals surface area contributed by atoms with Gasteiger partial charge >= 0.3 is 0 Å². The van der Waals surface area contributed by atoms with Gasteiger partial charge in [-0.2, -0.15) is 0 Å². The molecular formula is C15H20ClFN2O2. The predicted octanol–water partition coefficient (Wildman–Crippen LogP) is 3.60. The lowest BCUT2D eigenvalue weighted by atomic mass is 10.2. The van der Waals surface area contributed by atoms with Gasteiger partial charge in [-0.1, -0.05) is 13.8 Å². The van der Waals surface area contributed by atoms with Crippen molar-refractivity contribution in [3.8, 4) is 5.75 Å². The van der Waals surface area contributed by atoms with E-state index < -0.39 is 5.82 Å². The van der Waals surface area contributed by atoms with Crippen molar-refractivity contribution < 1.29 is 13.9 Å². The Morgan fingerprint density at radius 1 is 1.38 bits per heavy atom. The number of halogens is 2. The number of aromatic nitrogens is 2. The summed E-state index contributed by atoms with van der Waals surface area (Å²) in [5.41, 5.74) is 1.38. The van der Waals surface area contributed by atoms with E-state index in [-0.39, 0.29) is 11.6 Å². The van der Waals surface area contributed by atoms with E-state index in [1.807, 2.05) is 4.57 Å². The molecule has 4 nitrogen and oxygen atoms in total. The Labute approximate surface area is 128 Å². The first-order chi connectivity index (χ1) is 10.1. The van der Waals surface area contributed by atoms with E-state index in [2.05, 4.69) is 18.8 Å². The van der Waals surface area contributed by atoms with E-state index >= 15 is 0 Å². The number of alkyl halides is 1. The molecule has 6 heteroatoms. The number of methoxy groups -OCH3 is 1. The molecule has 0 aliphatic carbocycles. The highest BCUT2D eigenvalue weighted by atomic mass is 35.5. The molecule has 0 radical (unpaired) electrons. The first-order valence-corrected chi connectivity index (χ1v) is 7.46. The Balaban J connectivity index is 2.27. The topological polar surface area (TPSA) is 36.3 Å². The Hall–Kier alpha value is -1.33. The summed E-state index contributed by atoms with van der Waals surface area (Å²) >= 11 is 5.93. The predicted molar refractivity (Wildman–Crippen MR) is 81.5 cm³/mol. The van der Waals surface area contributed by atoms with Crippen molar-refractivity contribution in [2.24, 2.45) is 5.92 Å². The monoisotopic (exact) mass is 314 g/mol. The Kier molecular flexibility index (Phi) is 5.42. The highest BCUT2D eigenvalue weighted by Gasteiger charge is 2.14. The number of rotatable bonds is 7. The molecule has 0 N–H and O–H groups in total. The van der Waals surface area contributed by atoms with E-state index in [0.717, 1.165) is 5.52 Å². The molecule has 0 fully saturated rings. The number of benzene rings is 1. The van der Waals surface area contributed by atoms with Crippen molar-refractivity contribution in [1.29, 1.82) is 0 Å². The molecule has 116 valence electrons. The molecule has 0 atom stereocenters. The number of ether oxygens (including phenoxy) is 2. The minimum absolute atomic E-state index is 0.202. The van der Waals surface area contributed by atoms with Crippen LogP contribution >= 0.6 is 11.6 Å². The van der Waals surface area contributed by atoms with Crippen LogP contribution in [0.15, 0.2) is 12.1 Å². The molecule has 0 aliphatic heterocycles.